The summed E-state index contributed by atoms with van der Waals surface area (Å²) in [4.78, 5) is 25.2. The molecule has 6 nitrogen and oxygen atoms in total. The first-order chi connectivity index (χ1) is 13.4. The average molecular weight is 419 g/mol. The number of amides is 1. The Morgan fingerprint density at radius 2 is 1.89 bits per heavy atom. The van der Waals surface area contributed by atoms with Gasteiger partial charge in [-0.25, -0.2) is 0 Å². The van der Waals surface area contributed by atoms with Crippen molar-refractivity contribution >= 4 is 40.9 Å². The molecular weight excluding hydrogens is 403 g/mol. The van der Waals surface area contributed by atoms with E-state index in [0.717, 1.165) is 0 Å². The third-order valence-corrected chi connectivity index (χ3v) is 4.41. The van der Waals surface area contributed by atoms with Crippen molar-refractivity contribution in [1.82, 2.24) is 5.16 Å². The third-order valence-electron chi connectivity index (χ3n) is 3.82. The van der Waals surface area contributed by atoms with Crippen LogP contribution < -0.4 is 5.32 Å². The van der Waals surface area contributed by atoms with Crippen molar-refractivity contribution in [2.45, 2.75) is 19.4 Å². The summed E-state index contributed by atoms with van der Waals surface area (Å²) >= 11 is 12.0. The maximum absolute atomic E-state index is 12.7. The summed E-state index contributed by atoms with van der Waals surface area (Å²) in [6, 6.07) is 15.1. The number of esters is 1. The van der Waals surface area contributed by atoms with Crippen molar-refractivity contribution < 1.29 is 18.8 Å². The molecule has 0 spiro atoms. The van der Waals surface area contributed by atoms with Gasteiger partial charge < -0.3 is 14.6 Å². The highest BCUT2D eigenvalue weighted by atomic mass is 35.5. The second-order valence-corrected chi connectivity index (χ2v) is 6.85. The monoisotopic (exact) mass is 418 g/mol. The van der Waals surface area contributed by atoms with E-state index in [2.05, 4.69) is 10.5 Å². The molecule has 1 atom stereocenters. The predicted octanol–water partition coefficient (Wildman–Crippen LogP) is 4.76. The van der Waals surface area contributed by atoms with Gasteiger partial charge in [-0.05, 0) is 24.6 Å². The van der Waals surface area contributed by atoms with E-state index in [1.165, 1.54) is 0 Å². The number of nitrogens with zero attached hydrogens (tertiary/aromatic N) is 1. The largest absolute Gasteiger partial charge is 0.447 e. The first-order valence-corrected chi connectivity index (χ1v) is 9.10. The highest BCUT2D eigenvalue weighted by Gasteiger charge is 2.26. The van der Waals surface area contributed by atoms with Gasteiger partial charge in [0.15, 0.2) is 5.82 Å². The summed E-state index contributed by atoms with van der Waals surface area (Å²) in [5, 5.41) is 7.12. The molecule has 0 aliphatic rings. The molecule has 0 saturated heterocycles. The highest BCUT2D eigenvalue weighted by molar-refractivity contribution is 6.35. The van der Waals surface area contributed by atoms with Crippen molar-refractivity contribution in [2.75, 3.05) is 5.32 Å². The van der Waals surface area contributed by atoms with E-state index in [0.29, 0.717) is 26.9 Å². The second-order valence-electron chi connectivity index (χ2n) is 6.01. The van der Waals surface area contributed by atoms with Crippen LogP contribution in [0.2, 0.25) is 10.0 Å². The fourth-order valence-electron chi connectivity index (χ4n) is 2.51. The molecular formula is C20H16Cl2N2O4. The standard InChI is InChI=1S/C20H16Cl2N2O4/c1-12-9-17(24-28-12)23-20(26)19(13-5-3-2-4-6-13)27-18(25)10-14-7-8-15(21)11-16(14)22/h2-9,11,19H,10H2,1H3,(H,23,24,26). The molecule has 0 aliphatic carbocycles. The number of aromatic nitrogens is 1. The Morgan fingerprint density at radius 3 is 2.54 bits per heavy atom. The highest BCUT2D eigenvalue weighted by Crippen LogP contribution is 2.24. The van der Waals surface area contributed by atoms with Gasteiger partial charge in [-0.3, -0.25) is 9.59 Å². The third kappa shape index (κ3) is 5.12. The molecule has 1 aromatic heterocycles. The Bertz CT molecular complexity index is 989. The molecule has 0 radical (unpaired) electrons. The van der Waals surface area contributed by atoms with Crippen LogP contribution in [0.5, 0.6) is 0 Å². The summed E-state index contributed by atoms with van der Waals surface area (Å²) in [6.07, 6.45) is -1.26. The number of hydrogen-bond donors (Lipinski definition) is 1. The molecule has 2 aromatic carbocycles. The Hall–Kier alpha value is -2.83. The van der Waals surface area contributed by atoms with E-state index >= 15 is 0 Å². The lowest BCUT2D eigenvalue weighted by Gasteiger charge is -2.17. The molecule has 8 heteroatoms. The van der Waals surface area contributed by atoms with Gasteiger partial charge in [0.05, 0.1) is 6.42 Å². The van der Waals surface area contributed by atoms with E-state index in [9.17, 15) is 9.59 Å². The lowest BCUT2D eigenvalue weighted by molar-refractivity contribution is -0.154. The Labute approximate surface area is 171 Å². The quantitative estimate of drug-likeness (QED) is 0.583. The van der Waals surface area contributed by atoms with Crippen molar-refractivity contribution in [3.63, 3.8) is 0 Å². The van der Waals surface area contributed by atoms with Gasteiger partial charge in [0.1, 0.15) is 5.76 Å². The minimum atomic E-state index is -1.16. The van der Waals surface area contributed by atoms with Gasteiger partial charge in [-0.2, -0.15) is 0 Å². The van der Waals surface area contributed by atoms with Crippen molar-refractivity contribution in [3.8, 4) is 0 Å². The molecule has 0 bridgehead atoms. The first-order valence-electron chi connectivity index (χ1n) is 8.35. The molecule has 1 unspecified atom stereocenters. The normalized spacial score (nSPS) is 11.7. The van der Waals surface area contributed by atoms with Gasteiger partial charge in [0.2, 0.25) is 6.10 Å². The maximum atomic E-state index is 12.7. The smallest absolute Gasteiger partial charge is 0.311 e. The van der Waals surface area contributed by atoms with Crippen LogP contribution in [0.4, 0.5) is 5.82 Å². The Kier molecular flexibility index (Phi) is 6.34. The number of benzene rings is 2. The fourth-order valence-corrected chi connectivity index (χ4v) is 2.99. The Balaban J connectivity index is 1.77. The number of ether oxygens (including phenoxy) is 1. The van der Waals surface area contributed by atoms with E-state index in [1.54, 1.807) is 61.5 Å². The number of nitrogens with one attached hydrogen (secondary N) is 1. The van der Waals surface area contributed by atoms with E-state index in [-0.39, 0.29) is 12.2 Å². The van der Waals surface area contributed by atoms with Crippen molar-refractivity contribution in [1.29, 1.82) is 0 Å². The molecule has 1 amide bonds. The number of halogens is 2. The molecule has 0 aliphatic heterocycles. The second kappa shape index (κ2) is 8.91. The molecule has 3 aromatic rings. The van der Waals surface area contributed by atoms with Gasteiger partial charge in [-0.15, -0.1) is 0 Å². The number of carbonyl (C=O) groups excluding carboxylic acids is 2. The Morgan fingerprint density at radius 1 is 1.14 bits per heavy atom. The lowest BCUT2D eigenvalue weighted by Crippen LogP contribution is -2.26. The fraction of sp³-hybridized carbons (Fsp3) is 0.150. The molecule has 0 fully saturated rings. The lowest BCUT2D eigenvalue weighted by atomic mass is 10.1. The topological polar surface area (TPSA) is 81.4 Å². The van der Waals surface area contributed by atoms with Gasteiger partial charge in [0.25, 0.3) is 5.91 Å². The molecule has 144 valence electrons. The molecule has 1 heterocycles. The van der Waals surface area contributed by atoms with E-state index in [4.69, 9.17) is 32.5 Å². The molecule has 1 N–H and O–H groups in total. The maximum Gasteiger partial charge on any atom is 0.311 e. The minimum absolute atomic E-state index is 0.102. The molecule has 28 heavy (non-hydrogen) atoms. The molecule has 3 rings (SSSR count). The van der Waals surface area contributed by atoms with E-state index in [1.807, 2.05) is 0 Å². The van der Waals surface area contributed by atoms with Crippen LogP contribution in [0.3, 0.4) is 0 Å². The van der Waals surface area contributed by atoms with Crippen LogP contribution in [-0.4, -0.2) is 17.0 Å². The van der Waals surface area contributed by atoms with Crippen LogP contribution in [0.15, 0.2) is 59.1 Å². The number of rotatable bonds is 6. The van der Waals surface area contributed by atoms with Gasteiger partial charge in [0, 0.05) is 21.7 Å². The number of hydrogen-bond acceptors (Lipinski definition) is 5. The molecule has 0 saturated carbocycles. The van der Waals surface area contributed by atoms with Gasteiger partial charge >= 0.3 is 5.97 Å². The van der Waals surface area contributed by atoms with Gasteiger partial charge in [-0.1, -0.05) is 64.8 Å². The zero-order valence-electron chi connectivity index (χ0n) is 14.8. The van der Waals surface area contributed by atoms with Crippen molar-refractivity contribution in [3.05, 3.63) is 81.5 Å². The summed E-state index contributed by atoms with van der Waals surface area (Å²) in [5.41, 5.74) is 1.08. The summed E-state index contributed by atoms with van der Waals surface area (Å²) in [5.74, 6) is -0.374. The van der Waals surface area contributed by atoms with Crippen LogP contribution in [0.25, 0.3) is 0 Å². The minimum Gasteiger partial charge on any atom is -0.447 e. The van der Waals surface area contributed by atoms with Crippen LogP contribution in [0, 0.1) is 6.92 Å². The van der Waals surface area contributed by atoms with E-state index < -0.39 is 18.0 Å². The van der Waals surface area contributed by atoms with Crippen molar-refractivity contribution in [2.24, 2.45) is 0 Å². The van der Waals surface area contributed by atoms with Crippen LogP contribution in [0.1, 0.15) is 23.0 Å². The number of anilines is 1. The predicted molar refractivity (Wildman–Crippen MR) is 105 cm³/mol. The van der Waals surface area contributed by atoms with Crippen LogP contribution in [-0.2, 0) is 20.7 Å². The number of carbonyl (C=O) groups is 2. The summed E-state index contributed by atoms with van der Waals surface area (Å²) in [6.45, 7) is 1.70. The first kappa shape index (κ1) is 19.9. The summed E-state index contributed by atoms with van der Waals surface area (Å²) in [7, 11) is 0. The summed E-state index contributed by atoms with van der Waals surface area (Å²) < 4.78 is 10.4. The average Bonchev–Trinajstić information content (AvgIpc) is 3.07. The number of aryl methyl sites for hydroxylation is 1. The van der Waals surface area contributed by atoms with Crippen LogP contribution >= 0.6 is 23.2 Å². The zero-order valence-corrected chi connectivity index (χ0v) is 16.3. The zero-order chi connectivity index (χ0) is 20.1. The SMILES string of the molecule is Cc1cc(NC(=O)C(OC(=O)Cc2ccc(Cl)cc2Cl)c2ccccc2)no1.